The van der Waals surface area contributed by atoms with Crippen molar-refractivity contribution in [1.29, 1.82) is 0 Å². The molecule has 0 radical (unpaired) electrons. The number of nitrogen functional groups attached to an aromatic ring is 1. The Morgan fingerprint density at radius 1 is 1.35 bits per heavy atom. The van der Waals surface area contributed by atoms with Crippen LogP contribution in [0.1, 0.15) is 39.5 Å². The van der Waals surface area contributed by atoms with Gasteiger partial charge in [0.2, 0.25) is 5.88 Å². The van der Waals surface area contributed by atoms with Crippen molar-refractivity contribution in [2.75, 3.05) is 11.1 Å². The molecule has 0 atom stereocenters. The molecule has 94 valence electrons. The maximum Gasteiger partial charge on any atom is 0.239 e. The van der Waals surface area contributed by atoms with Crippen LogP contribution >= 0.6 is 0 Å². The van der Waals surface area contributed by atoms with E-state index in [-0.39, 0.29) is 6.10 Å². The van der Waals surface area contributed by atoms with Crippen molar-refractivity contribution in [3.05, 3.63) is 12.1 Å². The summed E-state index contributed by atoms with van der Waals surface area (Å²) in [6, 6.07) is 4.32. The van der Waals surface area contributed by atoms with E-state index >= 15 is 0 Å². The summed E-state index contributed by atoms with van der Waals surface area (Å²) < 4.78 is 5.57. The number of hydrogen-bond donors (Lipinski definition) is 2. The van der Waals surface area contributed by atoms with Crippen LogP contribution < -0.4 is 15.8 Å². The van der Waals surface area contributed by atoms with Crippen molar-refractivity contribution < 1.29 is 4.74 Å². The van der Waals surface area contributed by atoms with E-state index in [2.05, 4.69) is 10.3 Å². The molecule has 0 saturated heterocycles. The molecule has 0 spiro atoms. The summed E-state index contributed by atoms with van der Waals surface area (Å²) in [4.78, 5) is 4.42. The van der Waals surface area contributed by atoms with E-state index in [0.29, 0.717) is 17.6 Å². The van der Waals surface area contributed by atoms with Crippen molar-refractivity contribution in [2.24, 2.45) is 0 Å². The summed E-state index contributed by atoms with van der Waals surface area (Å²) in [5.74, 6) is 1.39. The lowest BCUT2D eigenvalue weighted by atomic mass is 10.2. The first-order chi connectivity index (χ1) is 8.15. The van der Waals surface area contributed by atoms with Crippen LogP contribution in [-0.4, -0.2) is 17.1 Å². The molecule has 0 aliphatic heterocycles. The molecule has 1 aromatic heterocycles. The van der Waals surface area contributed by atoms with E-state index in [1.54, 1.807) is 0 Å². The average Bonchev–Trinajstić information content (AvgIpc) is 2.75. The Morgan fingerprint density at radius 3 is 2.71 bits per heavy atom. The number of rotatable bonds is 4. The first-order valence-electron chi connectivity index (χ1n) is 6.35. The fraction of sp³-hybridized carbons (Fsp3) is 0.615. The number of nitrogens with one attached hydrogen (secondary N) is 1. The van der Waals surface area contributed by atoms with E-state index < -0.39 is 0 Å². The van der Waals surface area contributed by atoms with E-state index in [9.17, 15) is 0 Å². The highest BCUT2D eigenvalue weighted by molar-refractivity contribution is 5.53. The smallest absolute Gasteiger partial charge is 0.239 e. The van der Waals surface area contributed by atoms with Crippen molar-refractivity contribution >= 4 is 11.5 Å². The summed E-state index contributed by atoms with van der Waals surface area (Å²) in [7, 11) is 0. The number of ether oxygens (including phenoxy) is 1. The molecule has 4 heteroatoms. The van der Waals surface area contributed by atoms with Gasteiger partial charge in [-0.1, -0.05) is 12.8 Å². The minimum Gasteiger partial charge on any atom is -0.473 e. The molecule has 0 amide bonds. The van der Waals surface area contributed by atoms with Gasteiger partial charge in [-0.25, -0.2) is 0 Å². The van der Waals surface area contributed by atoms with Gasteiger partial charge in [-0.05, 0) is 38.8 Å². The minimum atomic E-state index is 0.0894. The van der Waals surface area contributed by atoms with Gasteiger partial charge in [0.25, 0.3) is 0 Å². The molecular formula is C13H21N3O. The Kier molecular flexibility index (Phi) is 3.71. The second-order valence-corrected chi connectivity index (χ2v) is 4.88. The summed E-state index contributed by atoms with van der Waals surface area (Å²) in [6.07, 6.45) is 5.16. The zero-order valence-corrected chi connectivity index (χ0v) is 10.6. The molecule has 0 aromatic carbocycles. The molecule has 1 aliphatic rings. The van der Waals surface area contributed by atoms with Crippen LogP contribution in [0.3, 0.4) is 0 Å². The van der Waals surface area contributed by atoms with E-state index in [1.807, 2.05) is 26.0 Å². The second-order valence-electron chi connectivity index (χ2n) is 4.88. The molecule has 1 aliphatic carbocycles. The van der Waals surface area contributed by atoms with E-state index in [0.717, 1.165) is 5.82 Å². The molecule has 0 unspecified atom stereocenters. The molecule has 0 bridgehead atoms. The Labute approximate surface area is 103 Å². The predicted octanol–water partition coefficient (Wildman–Crippen LogP) is 2.81. The minimum absolute atomic E-state index is 0.0894. The lowest BCUT2D eigenvalue weighted by Gasteiger charge is -2.15. The largest absolute Gasteiger partial charge is 0.473 e. The summed E-state index contributed by atoms with van der Waals surface area (Å²) in [6.45, 7) is 3.94. The van der Waals surface area contributed by atoms with Gasteiger partial charge in [0.05, 0.1) is 11.8 Å². The Morgan fingerprint density at radius 2 is 2.06 bits per heavy atom. The normalized spacial score (nSPS) is 16.4. The number of aromatic nitrogens is 1. The average molecular weight is 235 g/mol. The third-order valence-electron chi connectivity index (χ3n) is 2.94. The number of anilines is 2. The van der Waals surface area contributed by atoms with Crippen LogP contribution in [-0.2, 0) is 0 Å². The molecule has 3 N–H and O–H groups in total. The van der Waals surface area contributed by atoms with Crippen molar-refractivity contribution in [3.63, 3.8) is 0 Å². The summed E-state index contributed by atoms with van der Waals surface area (Å²) >= 11 is 0. The topological polar surface area (TPSA) is 60.2 Å². The zero-order chi connectivity index (χ0) is 12.3. The monoisotopic (exact) mass is 235 g/mol. The molecule has 4 nitrogen and oxygen atoms in total. The van der Waals surface area contributed by atoms with E-state index in [1.165, 1.54) is 25.7 Å². The van der Waals surface area contributed by atoms with Crippen molar-refractivity contribution in [2.45, 2.75) is 51.7 Å². The van der Waals surface area contributed by atoms with Crippen molar-refractivity contribution in [1.82, 2.24) is 4.98 Å². The van der Waals surface area contributed by atoms with Crippen LogP contribution in [0.25, 0.3) is 0 Å². The predicted molar refractivity (Wildman–Crippen MR) is 70.3 cm³/mol. The van der Waals surface area contributed by atoms with Crippen LogP contribution in [0.15, 0.2) is 12.1 Å². The summed E-state index contributed by atoms with van der Waals surface area (Å²) in [5, 5.41) is 3.44. The van der Waals surface area contributed by atoms with Gasteiger partial charge in [-0.3, -0.25) is 0 Å². The highest BCUT2D eigenvalue weighted by Gasteiger charge is 2.15. The molecule has 1 heterocycles. The number of hydrogen-bond acceptors (Lipinski definition) is 4. The lowest BCUT2D eigenvalue weighted by Crippen LogP contribution is -2.16. The lowest BCUT2D eigenvalue weighted by molar-refractivity contribution is 0.234. The zero-order valence-electron chi connectivity index (χ0n) is 10.6. The second kappa shape index (κ2) is 5.25. The van der Waals surface area contributed by atoms with Gasteiger partial charge in [0.15, 0.2) is 0 Å². The van der Waals surface area contributed by atoms with Gasteiger partial charge in [-0.15, -0.1) is 0 Å². The Bertz CT molecular complexity index is 373. The quantitative estimate of drug-likeness (QED) is 0.842. The van der Waals surface area contributed by atoms with Gasteiger partial charge in [0.1, 0.15) is 5.82 Å². The van der Waals surface area contributed by atoms with Crippen LogP contribution in [0, 0.1) is 0 Å². The third-order valence-corrected chi connectivity index (χ3v) is 2.94. The molecular weight excluding hydrogens is 214 g/mol. The first-order valence-corrected chi connectivity index (χ1v) is 6.35. The standard InChI is InChI=1S/C13H21N3O/c1-9(2)17-13-11(14)7-8-12(16-13)15-10-5-3-4-6-10/h7-10H,3-6,14H2,1-2H3,(H,15,16). The van der Waals surface area contributed by atoms with Gasteiger partial charge < -0.3 is 15.8 Å². The van der Waals surface area contributed by atoms with Crippen LogP contribution in [0.5, 0.6) is 5.88 Å². The van der Waals surface area contributed by atoms with E-state index in [4.69, 9.17) is 10.5 Å². The number of nitrogens with two attached hydrogens (primary N) is 1. The molecule has 1 saturated carbocycles. The maximum absolute atomic E-state index is 5.83. The highest BCUT2D eigenvalue weighted by Crippen LogP contribution is 2.25. The maximum atomic E-state index is 5.83. The fourth-order valence-corrected chi connectivity index (χ4v) is 2.13. The molecule has 1 fully saturated rings. The van der Waals surface area contributed by atoms with Crippen molar-refractivity contribution in [3.8, 4) is 5.88 Å². The number of pyridine rings is 1. The first kappa shape index (κ1) is 12.0. The number of nitrogens with zero attached hydrogens (tertiary/aromatic N) is 1. The third kappa shape index (κ3) is 3.25. The highest BCUT2D eigenvalue weighted by atomic mass is 16.5. The SMILES string of the molecule is CC(C)Oc1nc(NC2CCCC2)ccc1N. The van der Waals surface area contributed by atoms with Gasteiger partial charge in [0, 0.05) is 6.04 Å². The summed E-state index contributed by atoms with van der Waals surface area (Å²) in [5.41, 5.74) is 6.42. The van der Waals surface area contributed by atoms with Gasteiger partial charge >= 0.3 is 0 Å². The van der Waals surface area contributed by atoms with Crippen LogP contribution in [0.2, 0.25) is 0 Å². The molecule has 1 aromatic rings. The Hall–Kier alpha value is -1.45. The Balaban J connectivity index is 2.06. The van der Waals surface area contributed by atoms with Crippen LogP contribution in [0.4, 0.5) is 11.5 Å². The molecule has 2 rings (SSSR count). The molecule has 17 heavy (non-hydrogen) atoms. The fourth-order valence-electron chi connectivity index (χ4n) is 2.13. The van der Waals surface area contributed by atoms with Gasteiger partial charge in [-0.2, -0.15) is 4.98 Å².